The maximum Gasteiger partial charge on any atom is 0.337 e. The van der Waals surface area contributed by atoms with Gasteiger partial charge in [-0.2, -0.15) is 0 Å². The highest BCUT2D eigenvalue weighted by Gasteiger charge is 2.11. The molecule has 2 rings (SSSR count). The predicted molar refractivity (Wildman–Crippen MR) is 83.5 cm³/mol. The third kappa shape index (κ3) is 4.41. The highest BCUT2D eigenvalue weighted by Crippen LogP contribution is 2.13. The number of esters is 1. The number of nitrogens with one attached hydrogen (secondary N) is 1. The molecule has 0 heterocycles. The summed E-state index contributed by atoms with van der Waals surface area (Å²) in [6.07, 6.45) is -0.0740. The van der Waals surface area contributed by atoms with E-state index in [1.165, 1.54) is 13.2 Å². The van der Waals surface area contributed by atoms with Crippen LogP contribution in [-0.2, 0) is 16.0 Å². The fraction of sp³-hybridized carbons (Fsp3) is 0.118. The Morgan fingerprint density at radius 1 is 1.04 bits per heavy atom. The zero-order valence-electron chi connectivity index (χ0n) is 12.4. The summed E-state index contributed by atoms with van der Waals surface area (Å²) in [4.78, 5) is 34.3. The third-order valence-electron chi connectivity index (χ3n) is 3.11. The van der Waals surface area contributed by atoms with Gasteiger partial charge in [0.2, 0.25) is 0 Å². The van der Waals surface area contributed by atoms with E-state index < -0.39 is 11.9 Å². The molecule has 0 unspecified atom stereocenters. The molecule has 0 aromatic heterocycles. The SMILES string of the molecule is COC(=O)c1cccc(C(=O)Nc2ccc(CC(=O)O)cc2)c1. The first-order chi connectivity index (χ1) is 11.0. The number of amides is 1. The average molecular weight is 313 g/mol. The molecule has 0 radical (unpaired) electrons. The van der Waals surface area contributed by atoms with Crippen molar-refractivity contribution in [2.45, 2.75) is 6.42 Å². The Morgan fingerprint density at radius 2 is 1.70 bits per heavy atom. The molecule has 1 amide bonds. The number of benzene rings is 2. The Kier molecular flexibility index (Phi) is 5.09. The molecule has 2 aromatic rings. The quantitative estimate of drug-likeness (QED) is 0.827. The summed E-state index contributed by atoms with van der Waals surface area (Å²) < 4.78 is 4.62. The number of rotatable bonds is 5. The molecular formula is C17H15NO5. The van der Waals surface area contributed by atoms with Gasteiger partial charge in [0.05, 0.1) is 19.1 Å². The van der Waals surface area contributed by atoms with Crippen LogP contribution in [-0.4, -0.2) is 30.1 Å². The fourth-order valence-corrected chi connectivity index (χ4v) is 1.99. The van der Waals surface area contributed by atoms with Crippen LogP contribution in [0.1, 0.15) is 26.3 Å². The van der Waals surface area contributed by atoms with Gasteiger partial charge in [-0.25, -0.2) is 4.79 Å². The van der Waals surface area contributed by atoms with E-state index in [2.05, 4.69) is 10.1 Å². The molecule has 0 saturated heterocycles. The molecule has 118 valence electrons. The molecule has 0 aliphatic carbocycles. The smallest absolute Gasteiger partial charge is 0.337 e. The van der Waals surface area contributed by atoms with Crippen LogP contribution in [0, 0.1) is 0 Å². The van der Waals surface area contributed by atoms with Crippen molar-refractivity contribution in [1.29, 1.82) is 0 Å². The van der Waals surface area contributed by atoms with Gasteiger partial charge in [0.25, 0.3) is 5.91 Å². The van der Waals surface area contributed by atoms with Crippen LogP contribution in [0.25, 0.3) is 0 Å². The number of methoxy groups -OCH3 is 1. The Hall–Kier alpha value is -3.15. The number of anilines is 1. The van der Waals surface area contributed by atoms with Gasteiger partial charge in [0.15, 0.2) is 0 Å². The lowest BCUT2D eigenvalue weighted by Crippen LogP contribution is -2.13. The summed E-state index contributed by atoms with van der Waals surface area (Å²) in [5.74, 6) is -1.80. The molecule has 6 nitrogen and oxygen atoms in total. The average Bonchev–Trinajstić information content (AvgIpc) is 2.55. The summed E-state index contributed by atoms with van der Waals surface area (Å²) >= 11 is 0. The van der Waals surface area contributed by atoms with Crippen molar-refractivity contribution < 1.29 is 24.2 Å². The van der Waals surface area contributed by atoms with Gasteiger partial charge in [-0.3, -0.25) is 9.59 Å². The highest BCUT2D eigenvalue weighted by atomic mass is 16.5. The van der Waals surface area contributed by atoms with Crippen molar-refractivity contribution in [2.24, 2.45) is 0 Å². The second-order valence-corrected chi connectivity index (χ2v) is 4.79. The number of carbonyl (C=O) groups is 3. The second-order valence-electron chi connectivity index (χ2n) is 4.79. The molecule has 0 aliphatic rings. The number of carboxylic acid groups (broad SMARTS) is 1. The number of ether oxygens (including phenoxy) is 1. The van der Waals surface area contributed by atoms with Gasteiger partial charge in [-0.05, 0) is 35.9 Å². The molecule has 0 saturated carbocycles. The molecule has 0 fully saturated rings. The van der Waals surface area contributed by atoms with E-state index in [4.69, 9.17) is 5.11 Å². The Balaban J connectivity index is 2.09. The molecule has 2 aromatic carbocycles. The lowest BCUT2D eigenvalue weighted by Gasteiger charge is -2.07. The van der Waals surface area contributed by atoms with Crippen molar-refractivity contribution in [3.05, 3.63) is 65.2 Å². The maximum absolute atomic E-state index is 12.2. The fourth-order valence-electron chi connectivity index (χ4n) is 1.99. The lowest BCUT2D eigenvalue weighted by atomic mass is 10.1. The van der Waals surface area contributed by atoms with Crippen molar-refractivity contribution in [2.75, 3.05) is 12.4 Å². The number of carbonyl (C=O) groups excluding carboxylic acids is 2. The molecule has 6 heteroatoms. The Bertz CT molecular complexity index is 737. The van der Waals surface area contributed by atoms with Crippen LogP contribution in [0.15, 0.2) is 48.5 Å². The third-order valence-corrected chi connectivity index (χ3v) is 3.11. The zero-order chi connectivity index (χ0) is 16.8. The summed E-state index contributed by atoms with van der Waals surface area (Å²) in [5.41, 5.74) is 1.79. The number of hydrogen-bond donors (Lipinski definition) is 2. The Labute approximate surface area is 132 Å². The summed E-state index contributed by atoms with van der Waals surface area (Å²) in [6.45, 7) is 0. The minimum absolute atomic E-state index is 0.0740. The summed E-state index contributed by atoms with van der Waals surface area (Å²) in [5, 5.41) is 11.4. The van der Waals surface area contributed by atoms with Crippen LogP contribution >= 0.6 is 0 Å². The first kappa shape index (κ1) is 16.2. The van der Waals surface area contributed by atoms with Crippen LogP contribution in [0.4, 0.5) is 5.69 Å². The standard InChI is InChI=1S/C17H15NO5/c1-23-17(22)13-4-2-3-12(10-13)16(21)18-14-7-5-11(6-8-14)9-15(19)20/h2-8,10H,9H2,1H3,(H,18,21)(H,19,20). The van der Waals surface area contributed by atoms with Gasteiger partial charge >= 0.3 is 11.9 Å². The lowest BCUT2D eigenvalue weighted by molar-refractivity contribution is -0.136. The van der Waals surface area contributed by atoms with Crippen molar-refractivity contribution in [1.82, 2.24) is 0 Å². The van der Waals surface area contributed by atoms with Gasteiger partial charge in [0, 0.05) is 11.3 Å². The van der Waals surface area contributed by atoms with Crippen molar-refractivity contribution >= 4 is 23.5 Å². The molecule has 2 N–H and O–H groups in total. The van der Waals surface area contributed by atoms with Crippen molar-refractivity contribution in [3.8, 4) is 0 Å². The molecule has 23 heavy (non-hydrogen) atoms. The summed E-state index contributed by atoms with van der Waals surface area (Å²) in [7, 11) is 1.27. The molecule has 0 spiro atoms. The van der Waals surface area contributed by atoms with E-state index in [1.54, 1.807) is 42.5 Å². The van der Waals surface area contributed by atoms with E-state index in [-0.39, 0.29) is 17.9 Å². The monoisotopic (exact) mass is 313 g/mol. The Morgan fingerprint density at radius 3 is 2.30 bits per heavy atom. The van der Waals surface area contributed by atoms with Gasteiger partial charge < -0.3 is 15.2 Å². The van der Waals surface area contributed by atoms with E-state index >= 15 is 0 Å². The molecule has 0 aliphatic heterocycles. The number of hydrogen-bond acceptors (Lipinski definition) is 4. The minimum Gasteiger partial charge on any atom is -0.481 e. The van der Waals surface area contributed by atoms with Crippen LogP contribution in [0.5, 0.6) is 0 Å². The second kappa shape index (κ2) is 7.22. The normalized spacial score (nSPS) is 9.96. The van der Waals surface area contributed by atoms with E-state index in [9.17, 15) is 14.4 Å². The predicted octanol–water partition coefficient (Wildman–Crippen LogP) is 2.35. The first-order valence-electron chi connectivity index (χ1n) is 6.80. The molecular weight excluding hydrogens is 298 g/mol. The highest BCUT2D eigenvalue weighted by molar-refractivity contribution is 6.05. The van der Waals surface area contributed by atoms with Gasteiger partial charge in [-0.1, -0.05) is 18.2 Å². The largest absolute Gasteiger partial charge is 0.481 e. The zero-order valence-corrected chi connectivity index (χ0v) is 12.4. The summed E-state index contributed by atoms with van der Waals surface area (Å²) in [6, 6.07) is 12.7. The van der Waals surface area contributed by atoms with Gasteiger partial charge in [-0.15, -0.1) is 0 Å². The van der Waals surface area contributed by atoms with Crippen molar-refractivity contribution in [3.63, 3.8) is 0 Å². The van der Waals surface area contributed by atoms with E-state index in [1.807, 2.05) is 0 Å². The van der Waals surface area contributed by atoms with E-state index in [0.717, 1.165) is 0 Å². The number of carboxylic acids is 1. The van der Waals surface area contributed by atoms with Gasteiger partial charge in [0.1, 0.15) is 0 Å². The minimum atomic E-state index is -0.915. The molecule has 0 bridgehead atoms. The van der Waals surface area contributed by atoms with Crippen LogP contribution in [0.3, 0.4) is 0 Å². The topological polar surface area (TPSA) is 92.7 Å². The van der Waals surface area contributed by atoms with Crippen LogP contribution in [0.2, 0.25) is 0 Å². The van der Waals surface area contributed by atoms with Crippen LogP contribution < -0.4 is 5.32 Å². The van der Waals surface area contributed by atoms with E-state index in [0.29, 0.717) is 16.8 Å². The molecule has 0 atom stereocenters. The number of aliphatic carboxylic acids is 1. The maximum atomic E-state index is 12.2. The first-order valence-corrected chi connectivity index (χ1v) is 6.80.